The normalized spacial score (nSPS) is 26.1. The number of nitriles is 2. The zero-order valence-electron chi connectivity index (χ0n) is 30.7. The topological polar surface area (TPSA) is 102 Å². The molecule has 0 saturated heterocycles. The molecule has 6 nitrogen and oxygen atoms in total. The Labute approximate surface area is 309 Å². The van der Waals surface area contributed by atoms with E-state index in [4.69, 9.17) is 4.98 Å². The molecule has 2 aliphatic rings. The molecule has 1 amide bonds. The summed E-state index contributed by atoms with van der Waals surface area (Å²) in [6.07, 6.45) is 16.5. The lowest BCUT2D eigenvalue weighted by molar-refractivity contribution is -0.128. The lowest BCUT2D eigenvalue weighted by Gasteiger charge is -2.40. The lowest BCUT2D eigenvalue weighted by atomic mass is 9.67. The second kappa shape index (κ2) is 16.8. The van der Waals surface area contributed by atoms with E-state index in [1.165, 1.54) is 0 Å². The van der Waals surface area contributed by atoms with Crippen molar-refractivity contribution in [2.24, 2.45) is 47.3 Å². The van der Waals surface area contributed by atoms with E-state index in [9.17, 15) is 15.3 Å². The second-order valence-electron chi connectivity index (χ2n) is 15.2. The third kappa shape index (κ3) is 8.41. The number of hydrogen-bond acceptors (Lipinski definition) is 5. The Hall–Kier alpha value is -5.33. The Kier molecular flexibility index (Phi) is 11.8. The van der Waals surface area contributed by atoms with Gasteiger partial charge in [0.15, 0.2) is 0 Å². The van der Waals surface area contributed by atoms with Gasteiger partial charge in [0.05, 0.1) is 34.7 Å². The minimum atomic E-state index is -0.0611. The fourth-order valence-corrected chi connectivity index (χ4v) is 8.34. The van der Waals surface area contributed by atoms with Gasteiger partial charge in [-0.2, -0.15) is 10.5 Å². The van der Waals surface area contributed by atoms with Crippen molar-refractivity contribution in [1.82, 2.24) is 15.3 Å². The number of hydrogen-bond donors (Lipinski definition) is 1. The minimum Gasteiger partial charge on any atom is -0.356 e. The standard InChI is InChI=1S/C46H49N5O/c1-30-13-21-45(42(33(30)4)22-20-41-19-16-39(29-50-41)44-12-8-6-10-37(44)26-48)46(52)51-27-34-23-31(2)32(3)35(24-34)14-17-40-18-15-38(28-49-40)43-11-7-5-9-36(43)25-47/h5-12,14-20,22,28-35,42,45H,13,21,23-24,27H2,1-4H3,(H,51,52)/b17-14+,22-20+/t30-,31-,32+,33+,34?,35+,42-,45-/m0/s1. The summed E-state index contributed by atoms with van der Waals surface area (Å²) in [6, 6.07) is 27.8. The first-order valence-electron chi connectivity index (χ1n) is 18.8. The van der Waals surface area contributed by atoms with Gasteiger partial charge in [-0.3, -0.25) is 14.8 Å². The van der Waals surface area contributed by atoms with Crippen LogP contribution in [0.1, 0.15) is 75.9 Å². The van der Waals surface area contributed by atoms with Gasteiger partial charge in [0, 0.05) is 47.1 Å². The SMILES string of the molecule is C[C@H]1[C@H](/C=C/c2ccc(-c3ccccc3C#N)cn2)[C@@H](C(=O)NCC2C[C@@H](/C=C/c3ccc(-c4ccccc4C#N)cn3)[C@H](C)[C@@H](C)C2)CC[C@@H]1C. The van der Waals surface area contributed by atoms with Crippen molar-refractivity contribution in [1.29, 1.82) is 10.5 Å². The number of allylic oxidation sites excluding steroid dienone is 2. The van der Waals surface area contributed by atoms with Gasteiger partial charge in [-0.05, 0) is 104 Å². The number of nitrogens with zero attached hydrogens (tertiary/aromatic N) is 4. The highest BCUT2D eigenvalue weighted by Crippen LogP contribution is 2.41. The number of carbonyl (C=O) groups excluding carboxylic acids is 1. The predicted octanol–water partition coefficient (Wildman–Crippen LogP) is 9.99. The van der Waals surface area contributed by atoms with Crippen LogP contribution in [0.15, 0.2) is 97.3 Å². The summed E-state index contributed by atoms with van der Waals surface area (Å²) in [5.74, 6) is 3.11. The van der Waals surface area contributed by atoms with Crippen LogP contribution in [0.25, 0.3) is 34.4 Å². The Morgan fingerprint density at radius 3 is 1.87 bits per heavy atom. The van der Waals surface area contributed by atoms with Crippen molar-refractivity contribution in [2.45, 2.75) is 53.4 Å². The van der Waals surface area contributed by atoms with Gasteiger partial charge in [0.25, 0.3) is 0 Å². The third-order valence-corrected chi connectivity index (χ3v) is 12.0. The highest BCUT2D eigenvalue weighted by atomic mass is 16.1. The van der Waals surface area contributed by atoms with E-state index in [-0.39, 0.29) is 17.7 Å². The maximum absolute atomic E-state index is 13.9. The summed E-state index contributed by atoms with van der Waals surface area (Å²) in [6.45, 7) is 9.97. The molecule has 2 aromatic heterocycles. The van der Waals surface area contributed by atoms with E-state index < -0.39 is 0 Å². The van der Waals surface area contributed by atoms with Gasteiger partial charge < -0.3 is 5.32 Å². The van der Waals surface area contributed by atoms with Gasteiger partial charge in [0.1, 0.15) is 0 Å². The van der Waals surface area contributed by atoms with Crippen LogP contribution in [0.2, 0.25) is 0 Å². The average Bonchev–Trinajstić information content (AvgIpc) is 3.18. The number of rotatable bonds is 9. The monoisotopic (exact) mass is 687 g/mol. The molecule has 0 spiro atoms. The largest absolute Gasteiger partial charge is 0.356 e. The van der Waals surface area contributed by atoms with E-state index in [0.717, 1.165) is 59.3 Å². The molecule has 0 bridgehead atoms. The molecule has 52 heavy (non-hydrogen) atoms. The molecular weight excluding hydrogens is 639 g/mol. The Bertz CT molecular complexity index is 1980. The Morgan fingerprint density at radius 1 is 0.731 bits per heavy atom. The van der Waals surface area contributed by atoms with Crippen LogP contribution in [-0.2, 0) is 4.79 Å². The first-order valence-corrected chi connectivity index (χ1v) is 18.8. The molecule has 2 aliphatic carbocycles. The van der Waals surface area contributed by atoms with Crippen molar-refractivity contribution in [3.05, 3.63) is 120 Å². The van der Waals surface area contributed by atoms with E-state index in [1.54, 1.807) is 0 Å². The van der Waals surface area contributed by atoms with Crippen LogP contribution in [-0.4, -0.2) is 22.4 Å². The summed E-state index contributed by atoms with van der Waals surface area (Å²) in [5, 5.41) is 22.4. The van der Waals surface area contributed by atoms with Gasteiger partial charge in [0.2, 0.25) is 5.91 Å². The highest BCUT2D eigenvalue weighted by molar-refractivity contribution is 5.79. The summed E-state index contributed by atoms with van der Waals surface area (Å²) in [4.78, 5) is 23.2. The molecular formula is C46H49N5O. The van der Waals surface area contributed by atoms with Crippen LogP contribution >= 0.6 is 0 Å². The van der Waals surface area contributed by atoms with E-state index >= 15 is 0 Å². The van der Waals surface area contributed by atoms with Crippen LogP contribution in [0, 0.1) is 70.0 Å². The second-order valence-corrected chi connectivity index (χ2v) is 15.2. The molecule has 6 rings (SSSR count). The molecule has 2 saturated carbocycles. The summed E-state index contributed by atoms with van der Waals surface area (Å²) >= 11 is 0. The minimum absolute atomic E-state index is 0.0611. The Balaban J connectivity index is 1.08. The van der Waals surface area contributed by atoms with Crippen LogP contribution in [0.5, 0.6) is 0 Å². The lowest BCUT2D eigenvalue weighted by Crippen LogP contribution is -2.43. The predicted molar refractivity (Wildman–Crippen MR) is 209 cm³/mol. The van der Waals surface area contributed by atoms with Crippen molar-refractivity contribution in [3.8, 4) is 34.4 Å². The molecule has 0 aliphatic heterocycles. The number of amides is 1. The molecule has 264 valence electrons. The number of carbonyl (C=O) groups is 1. The van der Waals surface area contributed by atoms with Crippen molar-refractivity contribution in [2.75, 3.05) is 6.54 Å². The molecule has 1 N–H and O–H groups in total. The van der Waals surface area contributed by atoms with Crippen molar-refractivity contribution in [3.63, 3.8) is 0 Å². The molecule has 4 aromatic rings. The molecule has 6 heteroatoms. The van der Waals surface area contributed by atoms with Gasteiger partial charge >= 0.3 is 0 Å². The maximum Gasteiger partial charge on any atom is 0.223 e. The van der Waals surface area contributed by atoms with E-state index in [0.29, 0.717) is 53.2 Å². The molecule has 1 unspecified atom stereocenters. The van der Waals surface area contributed by atoms with Gasteiger partial charge in [-0.1, -0.05) is 88.4 Å². The molecule has 8 atom stereocenters. The van der Waals surface area contributed by atoms with Crippen LogP contribution in [0.4, 0.5) is 0 Å². The highest BCUT2D eigenvalue weighted by Gasteiger charge is 2.38. The average molecular weight is 688 g/mol. The first-order chi connectivity index (χ1) is 25.2. The number of nitrogens with one attached hydrogen (secondary N) is 1. The molecule has 2 fully saturated rings. The van der Waals surface area contributed by atoms with E-state index in [2.05, 4.69) is 74.4 Å². The zero-order chi connectivity index (χ0) is 36.6. The Morgan fingerprint density at radius 2 is 1.31 bits per heavy atom. The molecule has 0 radical (unpaired) electrons. The van der Waals surface area contributed by atoms with Gasteiger partial charge in [-0.25, -0.2) is 0 Å². The van der Waals surface area contributed by atoms with E-state index in [1.807, 2.05) is 85.2 Å². The maximum atomic E-state index is 13.9. The smallest absolute Gasteiger partial charge is 0.223 e. The molecule has 2 aromatic carbocycles. The number of pyridine rings is 2. The van der Waals surface area contributed by atoms with Crippen molar-refractivity contribution < 1.29 is 4.79 Å². The number of aromatic nitrogens is 2. The fourth-order valence-electron chi connectivity index (χ4n) is 8.34. The third-order valence-electron chi connectivity index (χ3n) is 12.0. The fraction of sp³-hybridized carbons (Fsp3) is 0.370. The summed E-state index contributed by atoms with van der Waals surface area (Å²) in [5.41, 5.74) is 6.67. The summed E-state index contributed by atoms with van der Waals surface area (Å²) in [7, 11) is 0. The van der Waals surface area contributed by atoms with Gasteiger partial charge in [-0.15, -0.1) is 0 Å². The number of benzene rings is 2. The summed E-state index contributed by atoms with van der Waals surface area (Å²) < 4.78 is 0. The quantitative estimate of drug-likeness (QED) is 0.189. The van der Waals surface area contributed by atoms with Crippen LogP contribution < -0.4 is 5.32 Å². The first kappa shape index (κ1) is 36.5. The van der Waals surface area contributed by atoms with Crippen molar-refractivity contribution >= 4 is 18.1 Å². The molecule has 2 heterocycles. The van der Waals surface area contributed by atoms with Crippen LogP contribution in [0.3, 0.4) is 0 Å². The zero-order valence-corrected chi connectivity index (χ0v) is 30.7.